The number of benzene rings is 1. The van der Waals surface area contributed by atoms with Gasteiger partial charge in [0.05, 0.1) is 13.2 Å². The number of hydrogen-bond donors (Lipinski definition) is 1. The summed E-state index contributed by atoms with van der Waals surface area (Å²) in [5.41, 5.74) is 0.944. The Morgan fingerprint density at radius 3 is 2.57 bits per heavy atom. The molecule has 0 aliphatic carbocycles. The van der Waals surface area contributed by atoms with E-state index in [1.165, 1.54) is 19.4 Å². The molecule has 1 heterocycles. The Balaban J connectivity index is 2.01. The molecule has 4 heteroatoms. The van der Waals surface area contributed by atoms with Crippen molar-refractivity contribution in [2.45, 2.75) is 38.0 Å². The van der Waals surface area contributed by atoms with Crippen LogP contribution in [0.3, 0.4) is 0 Å². The van der Waals surface area contributed by atoms with E-state index in [9.17, 15) is 5.11 Å². The number of aliphatic hydroxyl groups excluding tert-OH is 1. The minimum atomic E-state index is -0.479. The van der Waals surface area contributed by atoms with Crippen molar-refractivity contribution in [3.8, 4) is 5.75 Å². The van der Waals surface area contributed by atoms with Crippen molar-refractivity contribution < 1.29 is 9.84 Å². The molecule has 21 heavy (non-hydrogen) atoms. The van der Waals surface area contributed by atoms with Crippen LogP contribution >= 0.6 is 0 Å². The average molecular weight is 292 g/mol. The van der Waals surface area contributed by atoms with Gasteiger partial charge >= 0.3 is 0 Å². The van der Waals surface area contributed by atoms with E-state index in [1.54, 1.807) is 7.11 Å². The summed E-state index contributed by atoms with van der Waals surface area (Å²) in [5.74, 6) is 0.820. The Morgan fingerprint density at radius 2 is 2.00 bits per heavy atom. The summed E-state index contributed by atoms with van der Waals surface area (Å²) in [4.78, 5) is 4.70. The summed E-state index contributed by atoms with van der Waals surface area (Å²) in [6, 6.07) is 8.31. The molecule has 4 nitrogen and oxygen atoms in total. The summed E-state index contributed by atoms with van der Waals surface area (Å²) in [7, 11) is 5.95. The summed E-state index contributed by atoms with van der Waals surface area (Å²) in [6.07, 6.45) is 1.96. The van der Waals surface area contributed by atoms with Gasteiger partial charge in [0.1, 0.15) is 5.75 Å². The molecule has 2 rings (SSSR count). The van der Waals surface area contributed by atoms with Crippen LogP contribution < -0.4 is 4.74 Å². The first-order valence-corrected chi connectivity index (χ1v) is 7.75. The van der Waals surface area contributed by atoms with E-state index in [1.807, 2.05) is 24.3 Å². The summed E-state index contributed by atoms with van der Waals surface area (Å²) in [5, 5.41) is 10.6. The molecule has 1 aromatic rings. The zero-order valence-corrected chi connectivity index (χ0v) is 13.6. The molecule has 0 spiro atoms. The van der Waals surface area contributed by atoms with Gasteiger partial charge in [0.25, 0.3) is 0 Å². The van der Waals surface area contributed by atoms with Gasteiger partial charge in [-0.1, -0.05) is 12.1 Å². The molecule has 118 valence electrons. The molecule has 1 aromatic carbocycles. The first-order chi connectivity index (χ1) is 10.0. The molecular weight excluding hydrogens is 264 g/mol. The van der Waals surface area contributed by atoms with E-state index in [-0.39, 0.29) is 6.04 Å². The summed E-state index contributed by atoms with van der Waals surface area (Å²) in [6.45, 7) is 4.36. The van der Waals surface area contributed by atoms with Crippen molar-refractivity contribution in [3.05, 3.63) is 29.8 Å². The average Bonchev–Trinajstić information content (AvgIpc) is 2.53. The lowest BCUT2D eigenvalue weighted by Crippen LogP contribution is -2.49. The first-order valence-electron chi connectivity index (χ1n) is 7.75. The van der Waals surface area contributed by atoms with Gasteiger partial charge in [-0.15, -0.1) is 0 Å². The van der Waals surface area contributed by atoms with Gasteiger partial charge < -0.3 is 14.7 Å². The monoisotopic (exact) mass is 292 g/mol. The van der Waals surface area contributed by atoms with Gasteiger partial charge in [-0.25, -0.2) is 0 Å². The number of hydrogen-bond acceptors (Lipinski definition) is 4. The number of piperidine rings is 1. The Hall–Kier alpha value is -1.10. The van der Waals surface area contributed by atoms with Gasteiger partial charge in [-0.2, -0.15) is 0 Å². The number of rotatable bonds is 5. The smallest absolute Gasteiger partial charge is 0.118 e. The third-order valence-corrected chi connectivity index (χ3v) is 4.73. The third kappa shape index (κ3) is 3.96. The van der Waals surface area contributed by atoms with Crippen LogP contribution in [0.1, 0.15) is 31.4 Å². The fourth-order valence-corrected chi connectivity index (χ4v) is 3.11. The van der Waals surface area contributed by atoms with Crippen LogP contribution in [0.5, 0.6) is 5.75 Å². The Labute approximate surface area is 128 Å². The Kier molecular flexibility index (Phi) is 5.62. The van der Waals surface area contributed by atoms with Crippen LogP contribution in [0.4, 0.5) is 0 Å². The van der Waals surface area contributed by atoms with Crippen molar-refractivity contribution in [1.29, 1.82) is 0 Å². The van der Waals surface area contributed by atoms with Crippen molar-refractivity contribution in [3.63, 3.8) is 0 Å². The number of ether oxygens (including phenoxy) is 1. The largest absolute Gasteiger partial charge is 0.497 e. The van der Waals surface area contributed by atoms with E-state index >= 15 is 0 Å². The predicted octanol–water partition coefficient (Wildman–Crippen LogP) is 2.14. The number of likely N-dealkylation sites (N-methyl/N-ethyl adjacent to an activating group) is 2. The van der Waals surface area contributed by atoms with Gasteiger partial charge in [0.2, 0.25) is 0 Å². The minimum absolute atomic E-state index is 0.0925. The van der Waals surface area contributed by atoms with Crippen LogP contribution in [-0.2, 0) is 0 Å². The van der Waals surface area contributed by atoms with Crippen LogP contribution in [0.25, 0.3) is 0 Å². The van der Waals surface area contributed by atoms with Crippen molar-refractivity contribution in [2.75, 3.05) is 34.3 Å². The zero-order chi connectivity index (χ0) is 15.4. The van der Waals surface area contributed by atoms with E-state index < -0.39 is 6.10 Å². The SMILES string of the molecule is COc1ccc(C(O)C(C)N(C)C2CCCN(C)C2)cc1. The molecule has 1 aliphatic rings. The lowest BCUT2D eigenvalue weighted by molar-refractivity contribution is 0.0275. The van der Waals surface area contributed by atoms with Crippen molar-refractivity contribution in [2.24, 2.45) is 0 Å². The van der Waals surface area contributed by atoms with Gasteiger partial charge in [0, 0.05) is 18.6 Å². The molecule has 0 radical (unpaired) electrons. The van der Waals surface area contributed by atoms with Crippen LogP contribution in [0, 0.1) is 0 Å². The second kappa shape index (κ2) is 7.25. The highest BCUT2D eigenvalue weighted by molar-refractivity contribution is 5.29. The predicted molar refractivity (Wildman–Crippen MR) is 85.7 cm³/mol. The first kappa shape index (κ1) is 16.3. The molecule has 1 saturated heterocycles. The van der Waals surface area contributed by atoms with E-state index in [4.69, 9.17) is 4.74 Å². The van der Waals surface area contributed by atoms with Gasteiger partial charge in [-0.3, -0.25) is 4.90 Å². The van der Waals surface area contributed by atoms with E-state index in [2.05, 4.69) is 30.8 Å². The minimum Gasteiger partial charge on any atom is -0.497 e. The fraction of sp³-hybridized carbons (Fsp3) is 0.647. The Bertz CT molecular complexity index is 435. The standard InChI is InChI=1S/C17H28N2O2/c1-13(19(3)15-6-5-11-18(2)12-15)17(20)14-7-9-16(21-4)10-8-14/h7-10,13,15,17,20H,5-6,11-12H2,1-4H3. The summed E-state index contributed by atoms with van der Waals surface area (Å²) >= 11 is 0. The van der Waals surface area contributed by atoms with Gasteiger partial charge in [-0.05, 0) is 58.1 Å². The fourth-order valence-electron chi connectivity index (χ4n) is 3.11. The highest BCUT2D eigenvalue weighted by atomic mass is 16.5. The lowest BCUT2D eigenvalue weighted by atomic mass is 9.98. The second-order valence-corrected chi connectivity index (χ2v) is 6.18. The second-order valence-electron chi connectivity index (χ2n) is 6.18. The molecule has 1 N–H and O–H groups in total. The number of likely N-dealkylation sites (tertiary alicyclic amines) is 1. The molecular formula is C17H28N2O2. The molecule has 0 saturated carbocycles. The highest BCUT2D eigenvalue weighted by Crippen LogP contribution is 2.25. The normalized spacial score (nSPS) is 23.0. The number of nitrogens with zero attached hydrogens (tertiary/aromatic N) is 2. The maximum absolute atomic E-state index is 10.6. The summed E-state index contributed by atoms with van der Waals surface area (Å²) < 4.78 is 5.17. The number of aliphatic hydroxyl groups is 1. The van der Waals surface area contributed by atoms with Gasteiger partial charge in [0.15, 0.2) is 0 Å². The van der Waals surface area contributed by atoms with Crippen molar-refractivity contribution >= 4 is 0 Å². The lowest BCUT2D eigenvalue weighted by Gasteiger charge is -2.40. The molecule has 3 unspecified atom stereocenters. The van der Waals surface area contributed by atoms with E-state index in [0.717, 1.165) is 17.9 Å². The highest BCUT2D eigenvalue weighted by Gasteiger charge is 2.28. The molecule has 0 bridgehead atoms. The number of methoxy groups -OCH3 is 1. The maximum atomic E-state index is 10.6. The third-order valence-electron chi connectivity index (χ3n) is 4.73. The van der Waals surface area contributed by atoms with E-state index in [0.29, 0.717) is 6.04 Å². The zero-order valence-electron chi connectivity index (χ0n) is 13.6. The quantitative estimate of drug-likeness (QED) is 0.902. The molecule has 1 aliphatic heterocycles. The molecule has 3 atom stereocenters. The molecule has 1 fully saturated rings. The maximum Gasteiger partial charge on any atom is 0.118 e. The van der Waals surface area contributed by atoms with Crippen LogP contribution in [-0.4, -0.2) is 61.3 Å². The molecule has 0 aromatic heterocycles. The Morgan fingerprint density at radius 1 is 1.33 bits per heavy atom. The van der Waals surface area contributed by atoms with Crippen LogP contribution in [0.2, 0.25) is 0 Å². The van der Waals surface area contributed by atoms with Crippen molar-refractivity contribution in [1.82, 2.24) is 9.80 Å². The topological polar surface area (TPSA) is 35.9 Å². The molecule has 0 amide bonds. The van der Waals surface area contributed by atoms with Crippen LogP contribution in [0.15, 0.2) is 24.3 Å².